The third kappa shape index (κ3) is 24.5. The number of thiol groups is 2. The highest BCUT2D eigenvalue weighted by atomic mass is 32.1. The van der Waals surface area contributed by atoms with Gasteiger partial charge in [0.25, 0.3) is 0 Å². The lowest BCUT2D eigenvalue weighted by Crippen LogP contribution is -2.62. The molecule has 3 aromatic rings. The second kappa shape index (κ2) is 38.6. The number of hydrogen-bond acceptors (Lipinski definition) is 16. The lowest BCUT2D eigenvalue weighted by molar-refractivity contribution is -0.137. The van der Waals surface area contributed by atoms with Crippen molar-refractivity contribution < 1.29 is 58.2 Å². The highest BCUT2D eigenvalue weighted by Gasteiger charge is 2.36. The highest BCUT2D eigenvalue weighted by Crippen LogP contribution is 2.20. The number of amides is 10. The molecule has 0 fully saturated rings. The minimum Gasteiger partial charge on any atom is -0.391 e. The Morgan fingerprint density at radius 1 is 0.570 bits per heavy atom. The van der Waals surface area contributed by atoms with Crippen molar-refractivity contribution in [3.05, 3.63) is 71.9 Å². The van der Waals surface area contributed by atoms with Crippen LogP contribution in [0.3, 0.4) is 0 Å². The second-order valence-electron chi connectivity index (χ2n) is 20.5. The van der Waals surface area contributed by atoms with Crippen molar-refractivity contribution in [2.45, 2.75) is 153 Å². The molecule has 0 saturated heterocycles. The minimum atomic E-state index is -1.71. The van der Waals surface area contributed by atoms with Gasteiger partial charge in [-0.15, -0.1) is 0 Å². The topological polar surface area (TPSA) is 412 Å². The summed E-state index contributed by atoms with van der Waals surface area (Å²) in [7, 11) is 0. The van der Waals surface area contributed by atoms with E-state index in [4.69, 9.17) is 11.1 Å². The Labute approximate surface area is 512 Å². The Morgan fingerprint density at radius 3 is 1.64 bits per heavy atom. The fraction of sp³-hybridized carbons (Fsp3) is 0.561. The van der Waals surface area contributed by atoms with Gasteiger partial charge >= 0.3 is 0 Å². The predicted molar refractivity (Wildman–Crippen MR) is 331 cm³/mol. The number of fused-ring (bicyclic) bond motifs is 1. The molecule has 2 aromatic carbocycles. The summed E-state index contributed by atoms with van der Waals surface area (Å²) < 4.78 is 0. The number of guanidine groups is 1. The first-order chi connectivity index (χ1) is 41.0. The Morgan fingerprint density at radius 2 is 1.07 bits per heavy atom. The van der Waals surface area contributed by atoms with Gasteiger partial charge in [0, 0.05) is 74.5 Å². The predicted octanol–water partition coefficient (Wildman–Crippen LogP) is -2.11. The van der Waals surface area contributed by atoms with Gasteiger partial charge < -0.3 is 84.3 Å². The van der Waals surface area contributed by atoms with Crippen LogP contribution >= 0.6 is 25.3 Å². The van der Waals surface area contributed by atoms with Gasteiger partial charge in [0.1, 0.15) is 48.3 Å². The fourth-order valence-corrected chi connectivity index (χ4v) is 9.52. The molecule has 10 amide bonds. The van der Waals surface area contributed by atoms with E-state index in [1.807, 2.05) is 24.8 Å². The number of likely N-dealkylation sites (N-methyl/N-ethyl adjacent to an activating group) is 1. The van der Waals surface area contributed by atoms with Gasteiger partial charge in [0.05, 0.1) is 18.8 Å². The Hall–Kier alpha value is -7.47. The van der Waals surface area contributed by atoms with Crippen LogP contribution in [0.1, 0.15) is 91.2 Å². The van der Waals surface area contributed by atoms with E-state index in [9.17, 15) is 58.2 Å². The first-order valence-corrected chi connectivity index (χ1v) is 30.2. The van der Waals surface area contributed by atoms with E-state index in [0.29, 0.717) is 67.3 Å². The van der Waals surface area contributed by atoms with Crippen LogP contribution in [0.4, 0.5) is 0 Å². The molecule has 0 radical (unpaired) electrons. The molecule has 1 aromatic heterocycles. The summed E-state index contributed by atoms with van der Waals surface area (Å²) in [5, 5.41) is 58.6. The third-order valence-corrected chi connectivity index (χ3v) is 14.5. The minimum absolute atomic E-state index is 0.0366. The number of nitrogens with one attached hydrogen (secondary N) is 13. The summed E-state index contributed by atoms with van der Waals surface area (Å²) in [6, 6.07) is 4.72. The number of benzene rings is 2. The average Bonchev–Trinajstić information content (AvgIpc) is 2.44. The smallest absolute Gasteiger partial charge is 0.245 e. The Kier molecular flexibility index (Phi) is 32.6. The number of aromatic nitrogens is 1. The van der Waals surface area contributed by atoms with Crippen molar-refractivity contribution in [2.75, 3.05) is 50.8 Å². The van der Waals surface area contributed by atoms with E-state index in [-0.39, 0.29) is 56.2 Å². The molecule has 3 rings (SSSR count). The summed E-state index contributed by atoms with van der Waals surface area (Å²) in [5.74, 6) is -8.26. The summed E-state index contributed by atoms with van der Waals surface area (Å²) in [6.07, 6.45) is 0.468. The maximum absolute atomic E-state index is 14.8. The molecule has 0 aliphatic rings. The number of aliphatic hydroxyl groups is 2. The van der Waals surface area contributed by atoms with Crippen molar-refractivity contribution in [3.8, 4) is 0 Å². The van der Waals surface area contributed by atoms with Gasteiger partial charge in [-0.3, -0.25) is 53.4 Å². The van der Waals surface area contributed by atoms with Crippen LogP contribution in [0.15, 0.2) is 60.8 Å². The lowest BCUT2D eigenvalue weighted by Gasteiger charge is -2.28. The van der Waals surface area contributed by atoms with Crippen LogP contribution in [0.25, 0.3) is 10.9 Å². The van der Waals surface area contributed by atoms with Crippen LogP contribution < -0.4 is 64.2 Å². The first kappa shape index (κ1) is 72.8. The van der Waals surface area contributed by atoms with E-state index in [0.717, 1.165) is 0 Å². The highest BCUT2D eigenvalue weighted by molar-refractivity contribution is 7.80. The average molecular weight is 1240 g/mol. The molecule has 476 valence electrons. The number of nitrogens with two attached hydrogens (primary N) is 1. The van der Waals surface area contributed by atoms with Crippen LogP contribution in [-0.2, 0) is 60.8 Å². The normalized spacial score (nSPS) is 14.5. The number of rotatable bonds is 38. The molecule has 27 nitrogen and oxygen atoms in total. The van der Waals surface area contributed by atoms with Crippen LogP contribution in [0.2, 0.25) is 0 Å². The molecular formula is C57H89N15O12S2. The molecule has 0 unspecified atom stereocenters. The number of carbonyl (C=O) groups excluding carboxylic acids is 10. The van der Waals surface area contributed by atoms with Crippen molar-refractivity contribution in [3.63, 3.8) is 0 Å². The molecule has 10 atom stereocenters. The molecule has 0 bridgehead atoms. The lowest BCUT2D eigenvalue weighted by atomic mass is 10.0. The van der Waals surface area contributed by atoms with Crippen LogP contribution in [-0.4, -0.2) is 196 Å². The number of unbranched alkanes of at least 4 members (excludes halogenated alkanes) is 2. The van der Waals surface area contributed by atoms with E-state index < -0.39 is 126 Å². The number of hydrogen-bond donors (Lipinski definition) is 18. The standard InChI is InChI=1S/C57H89N15O12S2/c1-7-60-55(83)47(33(4)73)70-54(82)45(32-86)69-56(84)48(34(5)74)71-50(78)41(23-15-17-25-58)66-52(80)43(28-37-29-62-39-22-14-13-21-38(37)39)68-51(79)42(27-36-19-11-10-12-20-36)67-53(81)44(31-85)65-46(76)30-63-49(77)40(64-35(6)75)24-16-18-26-61-57(59)72(8-2)9-3/h10-14,19-22,29,33-34,40-45,47-48,62,73-74,85-86H,7-9,15-18,23-28,30-32,58H2,1-6H3,(H2,59,61)(H,60,83)(H,63,77)(H,64,75)(H,65,76)(H,66,80)(H,67,81)(H,68,79)(H,69,84)(H,70,82)(H,71,78)/t33-,34-,40-,41+,42+,43-,44+,45+,47+,48+/m1/s1. The number of aromatic amines is 1. The zero-order valence-electron chi connectivity index (χ0n) is 49.8. The van der Waals surface area contributed by atoms with E-state index in [1.165, 1.54) is 20.8 Å². The number of para-hydroxylation sites is 1. The summed E-state index contributed by atoms with van der Waals surface area (Å²) >= 11 is 8.49. The Bertz CT molecular complexity index is 2720. The van der Waals surface area contributed by atoms with E-state index in [2.05, 4.69) is 88.7 Å². The molecule has 1 heterocycles. The van der Waals surface area contributed by atoms with Gasteiger partial charge in [-0.2, -0.15) is 25.3 Å². The summed E-state index contributed by atoms with van der Waals surface area (Å²) in [6.45, 7) is 10.9. The Balaban J connectivity index is 1.88. The molecule has 17 N–H and O–H groups in total. The van der Waals surface area contributed by atoms with Crippen molar-refractivity contribution in [1.82, 2.24) is 68.4 Å². The first-order valence-electron chi connectivity index (χ1n) is 28.9. The molecule has 86 heavy (non-hydrogen) atoms. The monoisotopic (exact) mass is 1240 g/mol. The van der Waals surface area contributed by atoms with Crippen molar-refractivity contribution in [2.24, 2.45) is 5.73 Å². The van der Waals surface area contributed by atoms with Gasteiger partial charge in [0.15, 0.2) is 5.96 Å². The van der Waals surface area contributed by atoms with Gasteiger partial charge in [-0.25, -0.2) is 0 Å². The summed E-state index contributed by atoms with van der Waals surface area (Å²) in [5.41, 5.74) is 7.70. The fourth-order valence-electron chi connectivity index (χ4n) is 9.00. The second-order valence-corrected chi connectivity index (χ2v) is 21.3. The molecule has 29 heteroatoms. The molecule has 0 aliphatic heterocycles. The molecule has 0 spiro atoms. The van der Waals surface area contributed by atoms with Gasteiger partial charge in [0.2, 0.25) is 59.1 Å². The van der Waals surface area contributed by atoms with E-state index in [1.54, 1.807) is 61.7 Å². The largest absolute Gasteiger partial charge is 0.391 e. The molecule has 0 aliphatic carbocycles. The number of nitrogens with zero attached hydrogens (tertiary/aromatic N) is 1. The summed E-state index contributed by atoms with van der Waals surface area (Å²) in [4.78, 5) is 141. The number of aliphatic hydroxyl groups excluding tert-OH is 2. The van der Waals surface area contributed by atoms with E-state index >= 15 is 0 Å². The number of carbonyl (C=O) groups is 10. The maximum atomic E-state index is 14.8. The zero-order chi connectivity index (χ0) is 63.9. The SMILES string of the molecule is CCNC(=O)[C@@H](NC(=O)[C@H](CS)NC(=O)[C@@H](NC(=O)[C@H](CCCCN)NC(=O)[C@@H](Cc1c[nH]c2ccccc12)NC(=O)[C@H](Cc1ccccc1)NC(=O)[C@H](CS)NC(=O)CNC(=O)[C@@H](CCCCNC(=N)N(CC)CC)NC(C)=O)[C@@H](C)O)[C@@H](C)O. The van der Waals surface area contributed by atoms with Gasteiger partial charge in [-0.1, -0.05) is 48.5 Å². The van der Waals surface area contributed by atoms with Crippen molar-refractivity contribution in [1.29, 1.82) is 5.41 Å². The van der Waals surface area contributed by atoms with Crippen LogP contribution in [0, 0.1) is 5.41 Å². The zero-order valence-corrected chi connectivity index (χ0v) is 51.5. The molecule has 0 saturated carbocycles. The molecular weight excluding hydrogens is 1150 g/mol. The third-order valence-electron chi connectivity index (χ3n) is 13.8. The number of H-pyrrole nitrogens is 1. The quantitative estimate of drug-likeness (QED) is 0.0126. The maximum Gasteiger partial charge on any atom is 0.245 e. The van der Waals surface area contributed by atoms with Gasteiger partial charge in [-0.05, 0) is 96.9 Å². The van der Waals surface area contributed by atoms with Crippen molar-refractivity contribution >= 4 is 101 Å². The van der Waals surface area contributed by atoms with Crippen LogP contribution in [0.5, 0.6) is 0 Å².